The van der Waals surface area contributed by atoms with E-state index >= 15 is 0 Å². The molecule has 0 unspecified atom stereocenters. The lowest BCUT2D eigenvalue weighted by Crippen LogP contribution is -2.27. The zero-order chi connectivity index (χ0) is 26.0. The molecule has 0 aromatic heterocycles. The molecule has 0 heterocycles. The van der Waals surface area contributed by atoms with Gasteiger partial charge in [0.2, 0.25) is 5.90 Å². The van der Waals surface area contributed by atoms with Gasteiger partial charge >= 0.3 is 5.97 Å². The molecule has 0 fully saturated rings. The maximum atomic E-state index is 13.1. The van der Waals surface area contributed by atoms with Crippen molar-refractivity contribution in [2.75, 3.05) is 6.61 Å². The Hall–Kier alpha value is -3.74. The molecule has 7 heteroatoms. The summed E-state index contributed by atoms with van der Waals surface area (Å²) in [6.07, 6.45) is 3.26. The molecule has 3 rings (SSSR count). The molecule has 35 heavy (non-hydrogen) atoms. The molecule has 184 valence electrons. The van der Waals surface area contributed by atoms with Crippen LogP contribution in [-0.2, 0) is 9.53 Å². The van der Waals surface area contributed by atoms with Crippen LogP contribution in [0.25, 0.3) is 0 Å². The Bertz CT molecular complexity index is 1230. The fourth-order valence-electron chi connectivity index (χ4n) is 4.40. The van der Waals surface area contributed by atoms with Gasteiger partial charge in [-0.3, -0.25) is 9.59 Å². The van der Waals surface area contributed by atoms with Crippen LogP contribution < -0.4 is 4.74 Å². The Balaban J connectivity index is 2.03. The highest BCUT2D eigenvalue weighted by atomic mass is 16.5. The van der Waals surface area contributed by atoms with Gasteiger partial charge in [-0.15, -0.1) is 0 Å². The van der Waals surface area contributed by atoms with Crippen molar-refractivity contribution in [3.8, 4) is 11.5 Å². The maximum absolute atomic E-state index is 13.1. The molecule has 1 aliphatic carbocycles. The predicted molar refractivity (Wildman–Crippen MR) is 133 cm³/mol. The quantitative estimate of drug-likeness (QED) is 0.224. The minimum atomic E-state index is -0.568. The van der Waals surface area contributed by atoms with Crippen LogP contribution in [0.15, 0.2) is 53.5 Å². The van der Waals surface area contributed by atoms with Crippen LogP contribution in [0.2, 0.25) is 0 Å². The van der Waals surface area contributed by atoms with Gasteiger partial charge in [0.15, 0.2) is 23.1 Å². The number of phenols is 1. The number of fused-ring (bicyclic) bond motifs is 2. The molecule has 7 nitrogen and oxygen atoms in total. The van der Waals surface area contributed by atoms with E-state index in [1.54, 1.807) is 31.2 Å². The molecule has 0 atom stereocenters. The number of nitrogens with zero attached hydrogens (tertiary/aromatic N) is 1. The van der Waals surface area contributed by atoms with Gasteiger partial charge in [-0.2, -0.15) is 0 Å². The molecule has 2 aromatic rings. The number of aromatic hydroxyl groups is 1. The third kappa shape index (κ3) is 6.04. The lowest BCUT2D eigenvalue weighted by atomic mass is 9.82. The van der Waals surface area contributed by atoms with Crippen molar-refractivity contribution in [1.82, 2.24) is 0 Å². The first-order valence-electron chi connectivity index (χ1n) is 11.5. The van der Waals surface area contributed by atoms with Crippen molar-refractivity contribution in [2.45, 2.75) is 53.5 Å². The van der Waals surface area contributed by atoms with Gasteiger partial charge in [-0.1, -0.05) is 45.0 Å². The molecule has 0 aliphatic heterocycles. The standard InChI is InChI=1S/C28H31NO6/c1-7-34-22(30)15-14-21(29-28(5,6)16-27(2,3)4)35-20-13-12-19-23(26(20)33)25(32)18-11-9-8-10-17(18)24(19)31/h8-15,33H,7,16H2,1-6H3/b15-14+,29-21?. The van der Waals surface area contributed by atoms with Gasteiger partial charge in [0, 0.05) is 28.8 Å². The van der Waals surface area contributed by atoms with Crippen LogP contribution in [0.1, 0.15) is 79.8 Å². The van der Waals surface area contributed by atoms with E-state index in [2.05, 4.69) is 25.8 Å². The number of rotatable bonds is 6. The molecule has 0 saturated heterocycles. The number of carbonyl (C=O) groups excluding carboxylic acids is 3. The number of hydrogen-bond acceptors (Lipinski definition) is 7. The van der Waals surface area contributed by atoms with Crippen LogP contribution in [-0.4, -0.2) is 40.7 Å². The summed E-state index contributed by atoms with van der Waals surface area (Å²) in [4.78, 5) is 42.6. The summed E-state index contributed by atoms with van der Waals surface area (Å²) >= 11 is 0. The Labute approximate surface area is 205 Å². The van der Waals surface area contributed by atoms with Gasteiger partial charge in [-0.25, -0.2) is 9.79 Å². The van der Waals surface area contributed by atoms with Crippen LogP contribution in [0.3, 0.4) is 0 Å². The number of esters is 1. The smallest absolute Gasteiger partial charge is 0.330 e. The lowest BCUT2D eigenvalue weighted by molar-refractivity contribution is -0.137. The average Bonchev–Trinajstić information content (AvgIpc) is 2.75. The fourth-order valence-corrected chi connectivity index (χ4v) is 4.40. The second kappa shape index (κ2) is 9.86. The summed E-state index contributed by atoms with van der Waals surface area (Å²) < 4.78 is 10.8. The zero-order valence-corrected chi connectivity index (χ0v) is 21.0. The molecule has 0 radical (unpaired) electrons. The average molecular weight is 478 g/mol. The van der Waals surface area contributed by atoms with Gasteiger partial charge < -0.3 is 14.6 Å². The Morgan fingerprint density at radius 1 is 0.943 bits per heavy atom. The first-order valence-corrected chi connectivity index (χ1v) is 11.5. The van der Waals surface area contributed by atoms with Crippen LogP contribution in [0.5, 0.6) is 11.5 Å². The van der Waals surface area contributed by atoms with Crippen molar-refractivity contribution in [3.05, 3.63) is 70.8 Å². The SMILES string of the molecule is CCOC(=O)/C=C/C(=NC(C)(C)CC(C)(C)C)Oc1ccc2c(c1O)C(=O)c1ccccc1C2=O. The van der Waals surface area contributed by atoms with E-state index in [4.69, 9.17) is 9.47 Å². The highest BCUT2D eigenvalue weighted by Crippen LogP contribution is 2.39. The summed E-state index contributed by atoms with van der Waals surface area (Å²) in [7, 11) is 0. The van der Waals surface area contributed by atoms with Gasteiger partial charge in [0.05, 0.1) is 17.7 Å². The Morgan fingerprint density at radius 2 is 1.57 bits per heavy atom. The van der Waals surface area contributed by atoms with Crippen LogP contribution in [0.4, 0.5) is 0 Å². The number of ketones is 2. The molecular formula is C28H31NO6. The number of hydrogen-bond donors (Lipinski definition) is 1. The number of benzene rings is 2. The summed E-state index contributed by atoms with van der Waals surface area (Å²) in [6.45, 7) is 12.1. The first kappa shape index (κ1) is 25.9. The highest BCUT2D eigenvalue weighted by Gasteiger charge is 2.33. The largest absolute Gasteiger partial charge is 0.504 e. The third-order valence-electron chi connectivity index (χ3n) is 5.27. The molecule has 0 amide bonds. The molecule has 1 aliphatic rings. The highest BCUT2D eigenvalue weighted by molar-refractivity contribution is 6.29. The van der Waals surface area contributed by atoms with E-state index < -0.39 is 23.0 Å². The summed E-state index contributed by atoms with van der Waals surface area (Å²) in [5.41, 5.74) is -0.0966. The molecule has 1 N–H and O–H groups in total. The van der Waals surface area contributed by atoms with Crippen LogP contribution >= 0.6 is 0 Å². The minimum Gasteiger partial charge on any atom is -0.504 e. The molecule has 2 aromatic carbocycles. The van der Waals surface area contributed by atoms with Gasteiger partial charge in [0.25, 0.3) is 0 Å². The number of phenolic OH excluding ortho intramolecular Hbond substituents is 1. The lowest BCUT2D eigenvalue weighted by Gasteiger charge is -2.29. The molecule has 0 saturated carbocycles. The van der Waals surface area contributed by atoms with Crippen molar-refractivity contribution in [1.29, 1.82) is 0 Å². The minimum absolute atomic E-state index is 0.0307. The van der Waals surface area contributed by atoms with E-state index in [-0.39, 0.29) is 46.1 Å². The number of carbonyl (C=O) groups is 3. The maximum Gasteiger partial charge on any atom is 0.330 e. The summed E-state index contributed by atoms with van der Waals surface area (Å²) in [5, 5.41) is 11.0. The second-order valence-corrected chi connectivity index (χ2v) is 10.2. The number of aliphatic imine (C=N–C) groups is 1. The Kier molecular flexibility index (Phi) is 7.29. The monoisotopic (exact) mass is 477 g/mol. The van der Waals surface area contributed by atoms with Crippen molar-refractivity contribution in [2.24, 2.45) is 10.4 Å². The van der Waals surface area contributed by atoms with E-state index in [1.165, 1.54) is 24.3 Å². The van der Waals surface area contributed by atoms with Crippen molar-refractivity contribution >= 4 is 23.4 Å². The van der Waals surface area contributed by atoms with Crippen LogP contribution in [0, 0.1) is 5.41 Å². The van der Waals surface area contributed by atoms with Crippen molar-refractivity contribution in [3.63, 3.8) is 0 Å². The third-order valence-corrected chi connectivity index (χ3v) is 5.27. The van der Waals surface area contributed by atoms with E-state index in [1.807, 2.05) is 13.8 Å². The second-order valence-electron chi connectivity index (χ2n) is 10.2. The van der Waals surface area contributed by atoms with E-state index in [0.29, 0.717) is 12.0 Å². The summed E-state index contributed by atoms with van der Waals surface area (Å²) in [5.74, 6) is -1.84. The van der Waals surface area contributed by atoms with Gasteiger partial charge in [-0.05, 0) is 44.7 Å². The topological polar surface area (TPSA) is 102 Å². The molecular weight excluding hydrogens is 446 g/mol. The van der Waals surface area contributed by atoms with E-state index in [0.717, 1.165) is 0 Å². The Morgan fingerprint density at radius 3 is 2.17 bits per heavy atom. The zero-order valence-electron chi connectivity index (χ0n) is 21.0. The first-order chi connectivity index (χ1) is 16.3. The molecule has 0 bridgehead atoms. The number of ether oxygens (including phenoxy) is 2. The summed E-state index contributed by atoms with van der Waals surface area (Å²) in [6, 6.07) is 9.35. The van der Waals surface area contributed by atoms with E-state index in [9.17, 15) is 19.5 Å². The predicted octanol–water partition coefficient (Wildman–Crippen LogP) is 5.28. The fraction of sp³-hybridized carbons (Fsp3) is 0.357. The van der Waals surface area contributed by atoms with Crippen molar-refractivity contribution < 1.29 is 29.0 Å². The molecule has 0 spiro atoms. The normalized spacial score (nSPS) is 14.1. The van der Waals surface area contributed by atoms with Gasteiger partial charge in [0.1, 0.15) is 0 Å².